The minimum atomic E-state index is 0.281. The molecule has 1 saturated carbocycles. The predicted octanol–water partition coefficient (Wildman–Crippen LogP) is 5.82. The van der Waals surface area contributed by atoms with Crippen LogP contribution in [0, 0.1) is 5.92 Å². The fourth-order valence-electron chi connectivity index (χ4n) is 4.90. The van der Waals surface area contributed by atoms with Gasteiger partial charge in [-0.15, -0.1) is 10.2 Å². The first-order valence-corrected chi connectivity index (χ1v) is 11.0. The van der Waals surface area contributed by atoms with Crippen LogP contribution in [0.25, 0.3) is 17.2 Å². The van der Waals surface area contributed by atoms with Crippen LogP contribution in [-0.4, -0.2) is 19.7 Å². The van der Waals surface area contributed by atoms with Gasteiger partial charge in [0.25, 0.3) is 0 Å². The molecule has 30 heavy (non-hydrogen) atoms. The average Bonchev–Trinajstić information content (AvgIpc) is 3.47. The molecule has 5 nitrogen and oxygen atoms in total. The van der Waals surface area contributed by atoms with Crippen molar-refractivity contribution >= 4 is 11.5 Å². The van der Waals surface area contributed by atoms with E-state index in [1.807, 2.05) is 12.1 Å². The fourth-order valence-corrected chi connectivity index (χ4v) is 4.90. The van der Waals surface area contributed by atoms with E-state index in [1.165, 1.54) is 36.0 Å². The lowest BCUT2D eigenvalue weighted by atomic mass is 9.93. The summed E-state index contributed by atoms with van der Waals surface area (Å²) < 4.78 is 2.05. The Morgan fingerprint density at radius 3 is 2.77 bits per heavy atom. The molecule has 1 aromatic carbocycles. The molecule has 2 atom stereocenters. The molecule has 1 fully saturated rings. The number of anilines is 1. The molecule has 5 heteroatoms. The third-order valence-electron chi connectivity index (χ3n) is 6.63. The molecule has 0 bridgehead atoms. The van der Waals surface area contributed by atoms with Crippen LogP contribution >= 0.6 is 0 Å². The Labute approximate surface area is 178 Å². The highest BCUT2D eigenvalue weighted by atomic mass is 15.3. The predicted molar refractivity (Wildman–Crippen MR) is 121 cm³/mol. The first kappa shape index (κ1) is 19.0. The SMILES string of the molecule is C=C1c2cc(C3CCC(C)C3)ccc2CN1c1cccc(-c2nncn2C(C)C)n1. The lowest BCUT2D eigenvalue weighted by Crippen LogP contribution is -2.15. The van der Waals surface area contributed by atoms with Gasteiger partial charge < -0.3 is 9.47 Å². The Hall–Kier alpha value is -2.95. The molecule has 3 heterocycles. The van der Waals surface area contributed by atoms with E-state index in [9.17, 15) is 0 Å². The Bertz CT molecular complexity index is 1100. The van der Waals surface area contributed by atoms with Crippen LogP contribution in [0.3, 0.4) is 0 Å². The second kappa shape index (κ2) is 7.38. The van der Waals surface area contributed by atoms with E-state index in [0.29, 0.717) is 5.92 Å². The highest BCUT2D eigenvalue weighted by Crippen LogP contribution is 2.41. The average molecular weight is 400 g/mol. The number of fused-ring (bicyclic) bond motifs is 1. The van der Waals surface area contributed by atoms with Gasteiger partial charge in [-0.3, -0.25) is 0 Å². The zero-order valence-corrected chi connectivity index (χ0v) is 18.0. The summed E-state index contributed by atoms with van der Waals surface area (Å²) in [6.07, 6.45) is 5.71. The largest absolute Gasteiger partial charge is 0.322 e. The van der Waals surface area contributed by atoms with Crippen LogP contribution in [0.1, 0.15) is 68.7 Å². The van der Waals surface area contributed by atoms with Crippen LogP contribution < -0.4 is 4.90 Å². The second-order valence-electron chi connectivity index (χ2n) is 9.10. The summed E-state index contributed by atoms with van der Waals surface area (Å²) in [6, 6.07) is 13.4. The number of hydrogen-bond donors (Lipinski definition) is 0. The number of pyridine rings is 1. The van der Waals surface area contributed by atoms with Crippen molar-refractivity contribution in [1.82, 2.24) is 19.7 Å². The van der Waals surface area contributed by atoms with Crippen molar-refractivity contribution in [3.63, 3.8) is 0 Å². The molecule has 1 aliphatic carbocycles. The summed E-state index contributed by atoms with van der Waals surface area (Å²) in [7, 11) is 0. The second-order valence-corrected chi connectivity index (χ2v) is 9.10. The van der Waals surface area contributed by atoms with Crippen LogP contribution in [0.4, 0.5) is 5.82 Å². The van der Waals surface area contributed by atoms with Crippen molar-refractivity contribution in [2.24, 2.45) is 5.92 Å². The molecule has 0 N–H and O–H groups in total. The van der Waals surface area contributed by atoms with Crippen molar-refractivity contribution in [2.75, 3.05) is 4.90 Å². The first-order chi connectivity index (χ1) is 14.5. The summed E-state index contributed by atoms with van der Waals surface area (Å²) in [6.45, 7) is 11.8. The van der Waals surface area contributed by atoms with Crippen LogP contribution in [0.5, 0.6) is 0 Å². The molecular formula is C25H29N5. The van der Waals surface area contributed by atoms with Gasteiger partial charge in [-0.2, -0.15) is 0 Å². The summed E-state index contributed by atoms with van der Waals surface area (Å²) in [4.78, 5) is 7.14. The molecule has 3 aromatic rings. The lowest BCUT2D eigenvalue weighted by molar-refractivity contribution is 0.596. The van der Waals surface area contributed by atoms with Gasteiger partial charge in [0, 0.05) is 17.3 Å². The molecule has 0 spiro atoms. The third kappa shape index (κ3) is 3.22. The van der Waals surface area contributed by atoms with E-state index in [4.69, 9.17) is 4.98 Å². The Morgan fingerprint density at radius 1 is 1.13 bits per heavy atom. The van der Waals surface area contributed by atoms with Crippen molar-refractivity contribution < 1.29 is 0 Å². The maximum absolute atomic E-state index is 4.93. The zero-order valence-electron chi connectivity index (χ0n) is 18.0. The van der Waals surface area contributed by atoms with Crippen LogP contribution in [0.15, 0.2) is 49.3 Å². The van der Waals surface area contributed by atoms with E-state index in [1.54, 1.807) is 6.33 Å². The van der Waals surface area contributed by atoms with Gasteiger partial charge in [0.2, 0.25) is 0 Å². The van der Waals surface area contributed by atoms with Gasteiger partial charge in [0.05, 0.1) is 6.54 Å². The van der Waals surface area contributed by atoms with E-state index in [2.05, 4.69) is 71.3 Å². The summed E-state index contributed by atoms with van der Waals surface area (Å²) >= 11 is 0. The van der Waals surface area contributed by atoms with Crippen molar-refractivity contribution in [2.45, 2.75) is 58.5 Å². The van der Waals surface area contributed by atoms with Gasteiger partial charge in [-0.25, -0.2) is 4.98 Å². The van der Waals surface area contributed by atoms with Gasteiger partial charge in [-0.1, -0.05) is 38.1 Å². The summed E-state index contributed by atoms with van der Waals surface area (Å²) in [5.41, 5.74) is 5.93. The van der Waals surface area contributed by atoms with Crippen LogP contribution in [-0.2, 0) is 6.54 Å². The zero-order chi connectivity index (χ0) is 20.8. The highest BCUT2D eigenvalue weighted by molar-refractivity contribution is 5.83. The molecule has 0 amide bonds. The minimum Gasteiger partial charge on any atom is -0.322 e. The molecule has 5 rings (SSSR count). The van der Waals surface area contributed by atoms with E-state index in [0.717, 1.165) is 35.5 Å². The molecule has 1 aliphatic heterocycles. The molecular weight excluding hydrogens is 370 g/mol. The normalized spacial score (nSPS) is 20.9. The summed E-state index contributed by atoms with van der Waals surface area (Å²) in [5, 5.41) is 8.39. The molecule has 0 saturated heterocycles. The summed E-state index contributed by atoms with van der Waals surface area (Å²) in [5.74, 6) is 3.23. The smallest absolute Gasteiger partial charge is 0.182 e. The Morgan fingerprint density at radius 2 is 2.00 bits per heavy atom. The molecule has 2 aliphatic rings. The number of nitrogens with zero attached hydrogens (tertiary/aromatic N) is 5. The van der Waals surface area contributed by atoms with Crippen molar-refractivity contribution in [1.29, 1.82) is 0 Å². The molecule has 2 aromatic heterocycles. The van der Waals surface area contributed by atoms with Gasteiger partial charge in [-0.05, 0) is 67.9 Å². The standard InChI is InChI=1S/C25H29N5/c1-16(2)30-15-26-28-25(30)23-6-5-7-24(27-23)29-14-21-11-10-20(13-22(21)18(29)4)19-9-8-17(3)12-19/h5-7,10-11,13,15-17,19H,4,8-9,12,14H2,1-3H3. The maximum atomic E-state index is 4.93. The minimum absolute atomic E-state index is 0.281. The molecule has 154 valence electrons. The number of benzene rings is 1. The first-order valence-electron chi connectivity index (χ1n) is 11.0. The number of aromatic nitrogens is 4. The molecule has 2 unspecified atom stereocenters. The van der Waals surface area contributed by atoms with E-state index in [-0.39, 0.29) is 6.04 Å². The van der Waals surface area contributed by atoms with Crippen molar-refractivity contribution in [3.05, 3.63) is 66.0 Å². The lowest BCUT2D eigenvalue weighted by Gasteiger charge is -2.19. The number of rotatable bonds is 4. The van der Waals surface area contributed by atoms with E-state index >= 15 is 0 Å². The topological polar surface area (TPSA) is 46.8 Å². The van der Waals surface area contributed by atoms with E-state index < -0.39 is 0 Å². The monoisotopic (exact) mass is 399 g/mol. The highest BCUT2D eigenvalue weighted by Gasteiger charge is 2.28. The van der Waals surface area contributed by atoms with Gasteiger partial charge >= 0.3 is 0 Å². The van der Waals surface area contributed by atoms with Crippen molar-refractivity contribution in [3.8, 4) is 11.5 Å². The van der Waals surface area contributed by atoms with Gasteiger partial charge in [0.1, 0.15) is 17.8 Å². The Kier molecular flexibility index (Phi) is 4.69. The maximum Gasteiger partial charge on any atom is 0.182 e. The number of hydrogen-bond acceptors (Lipinski definition) is 4. The molecule has 0 radical (unpaired) electrons. The van der Waals surface area contributed by atoms with Gasteiger partial charge in [0.15, 0.2) is 5.82 Å². The fraction of sp³-hybridized carbons (Fsp3) is 0.400. The quantitative estimate of drug-likeness (QED) is 0.555. The Balaban J connectivity index is 1.44. The van der Waals surface area contributed by atoms with Crippen LogP contribution in [0.2, 0.25) is 0 Å². The third-order valence-corrected chi connectivity index (χ3v) is 6.63.